The second kappa shape index (κ2) is 10.7. The van der Waals surface area contributed by atoms with Crippen LogP contribution in [0.3, 0.4) is 0 Å². The summed E-state index contributed by atoms with van der Waals surface area (Å²) in [6, 6.07) is 0. The van der Waals surface area contributed by atoms with Gasteiger partial charge in [-0.2, -0.15) is 0 Å². The minimum Gasteiger partial charge on any atom is -0.444 e. The van der Waals surface area contributed by atoms with Crippen LogP contribution in [0, 0.1) is 17.8 Å². The van der Waals surface area contributed by atoms with Gasteiger partial charge in [-0.25, -0.2) is 9.59 Å². The van der Waals surface area contributed by atoms with Gasteiger partial charge >= 0.3 is 24.1 Å². The maximum atomic E-state index is 12.3. The van der Waals surface area contributed by atoms with E-state index in [2.05, 4.69) is 0 Å². The van der Waals surface area contributed by atoms with Crippen molar-refractivity contribution in [2.75, 3.05) is 26.2 Å². The van der Waals surface area contributed by atoms with Crippen LogP contribution in [0.5, 0.6) is 0 Å². The Bertz CT molecular complexity index is 927. The first kappa shape index (κ1) is 30.0. The highest BCUT2D eigenvalue weighted by Gasteiger charge is 2.51. The van der Waals surface area contributed by atoms with Gasteiger partial charge in [0.05, 0.1) is 11.8 Å². The summed E-state index contributed by atoms with van der Waals surface area (Å²) in [4.78, 5) is 73.0. The molecule has 0 aromatic rings. The summed E-state index contributed by atoms with van der Waals surface area (Å²) in [5, 5.41) is 0. The molecule has 12 nitrogen and oxygen atoms in total. The first-order valence-electron chi connectivity index (χ1n) is 12.1. The number of amides is 2. The van der Waals surface area contributed by atoms with Gasteiger partial charge in [-0.15, -0.1) is 0 Å². The van der Waals surface area contributed by atoms with Crippen LogP contribution in [0.1, 0.15) is 62.3 Å². The first-order valence-corrected chi connectivity index (χ1v) is 12.1. The van der Waals surface area contributed by atoms with Crippen molar-refractivity contribution in [1.29, 1.82) is 0 Å². The van der Waals surface area contributed by atoms with Crippen LogP contribution in [0.4, 0.5) is 9.59 Å². The zero-order valence-corrected chi connectivity index (χ0v) is 23.0. The average molecular weight is 527 g/mol. The minimum atomic E-state index is -1.58. The number of likely N-dealkylation sites (tertiary alicyclic amines) is 2. The van der Waals surface area contributed by atoms with E-state index in [1.807, 2.05) is 20.8 Å². The fraction of sp³-hybridized carbons (Fsp3) is 0.760. The molecular weight excluding hydrogens is 488 g/mol. The molecule has 208 valence electrons. The third-order valence-corrected chi connectivity index (χ3v) is 5.49. The molecule has 2 amide bonds. The lowest BCUT2D eigenvalue weighted by Gasteiger charge is -2.40. The van der Waals surface area contributed by atoms with Gasteiger partial charge in [0, 0.05) is 40.0 Å². The molecule has 0 bridgehead atoms. The second-order valence-corrected chi connectivity index (χ2v) is 11.9. The van der Waals surface area contributed by atoms with Gasteiger partial charge in [0.2, 0.25) is 5.92 Å². The summed E-state index contributed by atoms with van der Waals surface area (Å²) < 4.78 is 20.2. The Hall–Kier alpha value is -3.18. The molecule has 0 radical (unpaired) electrons. The number of Topliss-reactive ketones (excluding diaryl/α,β-unsaturated/α-hetero) is 2. The van der Waals surface area contributed by atoms with E-state index < -0.39 is 52.6 Å². The van der Waals surface area contributed by atoms with Crippen LogP contribution in [-0.4, -0.2) is 88.7 Å². The average Bonchev–Trinajstić information content (AvgIpc) is 2.53. The molecule has 3 saturated heterocycles. The summed E-state index contributed by atoms with van der Waals surface area (Å²) in [5.41, 5.74) is -1.09. The van der Waals surface area contributed by atoms with E-state index in [0.717, 1.165) is 0 Å². The largest absolute Gasteiger partial charge is 0.444 e. The van der Waals surface area contributed by atoms with E-state index in [4.69, 9.17) is 18.9 Å². The quantitative estimate of drug-likeness (QED) is 0.305. The summed E-state index contributed by atoms with van der Waals surface area (Å²) in [7, 11) is 0. The molecule has 3 aliphatic heterocycles. The van der Waals surface area contributed by atoms with Gasteiger partial charge in [0.25, 0.3) is 5.79 Å². The molecule has 0 aromatic heterocycles. The second-order valence-electron chi connectivity index (χ2n) is 11.9. The van der Waals surface area contributed by atoms with E-state index in [1.165, 1.54) is 18.7 Å². The van der Waals surface area contributed by atoms with Crippen LogP contribution >= 0.6 is 0 Å². The molecule has 0 spiro atoms. The molecule has 0 aliphatic carbocycles. The topological polar surface area (TPSA) is 146 Å². The number of nitrogens with zero attached hydrogens (tertiary/aromatic N) is 2. The van der Waals surface area contributed by atoms with Crippen LogP contribution in [0.25, 0.3) is 0 Å². The molecule has 3 aliphatic rings. The highest BCUT2D eigenvalue weighted by atomic mass is 16.7. The number of hydrogen-bond acceptors (Lipinski definition) is 10. The van der Waals surface area contributed by atoms with Crippen LogP contribution in [0.15, 0.2) is 0 Å². The predicted molar refractivity (Wildman–Crippen MR) is 128 cm³/mol. The van der Waals surface area contributed by atoms with E-state index in [1.54, 1.807) is 32.6 Å². The van der Waals surface area contributed by atoms with Gasteiger partial charge in [-0.1, -0.05) is 0 Å². The van der Waals surface area contributed by atoms with Crippen LogP contribution < -0.4 is 0 Å². The number of ether oxygens (including phenoxy) is 4. The highest BCUT2D eigenvalue weighted by Crippen LogP contribution is 2.29. The molecule has 12 heteroatoms. The number of ketones is 2. The normalized spacial score (nSPS) is 20.4. The SMILES string of the molecule is CC(=O)C1CN(C(=O)OC(C)(C)C)C1.CC(C)(C)OC(=O)N1CC(C(=O)C2C(=O)OC(C)(C)OC2=O)C1. The van der Waals surface area contributed by atoms with E-state index in [0.29, 0.717) is 13.1 Å². The Balaban J connectivity index is 0.000000294. The first-order chi connectivity index (χ1) is 16.7. The number of hydrogen-bond donors (Lipinski definition) is 0. The molecule has 0 N–H and O–H groups in total. The molecule has 3 rings (SSSR count). The maximum absolute atomic E-state index is 12.3. The summed E-state index contributed by atoms with van der Waals surface area (Å²) >= 11 is 0. The predicted octanol–water partition coefficient (Wildman–Crippen LogP) is 2.32. The zero-order valence-electron chi connectivity index (χ0n) is 23.0. The molecular formula is C25H38N2O10. The molecule has 3 heterocycles. The molecule has 0 unspecified atom stereocenters. The zero-order chi connectivity index (χ0) is 28.5. The lowest BCUT2D eigenvalue weighted by molar-refractivity contribution is -0.238. The fourth-order valence-corrected chi connectivity index (χ4v) is 3.53. The van der Waals surface area contributed by atoms with Crippen molar-refractivity contribution in [2.45, 2.75) is 79.3 Å². The van der Waals surface area contributed by atoms with Gasteiger partial charge in [-0.3, -0.25) is 19.2 Å². The van der Waals surface area contributed by atoms with Crippen molar-refractivity contribution < 1.29 is 47.7 Å². The lowest BCUT2D eigenvalue weighted by Crippen LogP contribution is -2.58. The van der Waals surface area contributed by atoms with Gasteiger partial charge in [-0.05, 0) is 48.5 Å². The minimum absolute atomic E-state index is 0.0162. The van der Waals surface area contributed by atoms with E-state index >= 15 is 0 Å². The number of rotatable bonds is 3. The van der Waals surface area contributed by atoms with Crippen molar-refractivity contribution in [3.05, 3.63) is 0 Å². The maximum Gasteiger partial charge on any atom is 0.410 e. The Labute approximate surface area is 216 Å². The smallest absolute Gasteiger partial charge is 0.410 e. The summed E-state index contributed by atoms with van der Waals surface area (Å²) in [6.07, 6.45) is -0.855. The third-order valence-electron chi connectivity index (χ3n) is 5.49. The van der Waals surface area contributed by atoms with Crippen molar-refractivity contribution in [1.82, 2.24) is 9.80 Å². The van der Waals surface area contributed by atoms with Crippen molar-refractivity contribution >= 4 is 35.7 Å². The number of carbonyl (C=O) groups excluding carboxylic acids is 6. The monoisotopic (exact) mass is 526 g/mol. The molecule has 0 saturated carbocycles. The van der Waals surface area contributed by atoms with E-state index in [-0.39, 0.29) is 30.9 Å². The van der Waals surface area contributed by atoms with Crippen molar-refractivity contribution in [3.8, 4) is 0 Å². The van der Waals surface area contributed by atoms with Crippen LogP contribution in [-0.2, 0) is 38.1 Å². The fourth-order valence-electron chi connectivity index (χ4n) is 3.53. The Kier molecular flexibility index (Phi) is 8.66. The third kappa shape index (κ3) is 8.43. The van der Waals surface area contributed by atoms with Crippen molar-refractivity contribution in [2.24, 2.45) is 17.8 Å². The van der Waals surface area contributed by atoms with Crippen molar-refractivity contribution in [3.63, 3.8) is 0 Å². The van der Waals surface area contributed by atoms with Gasteiger partial charge in [0.15, 0.2) is 5.78 Å². The van der Waals surface area contributed by atoms with E-state index in [9.17, 15) is 28.8 Å². The Morgan fingerprint density at radius 3 is 1.43 bits per heavy atom. The Morgan fingerprint density at radius 2 is 1.11 bits per heavy atom. The number of esters is 2. The Morgan fingerprint density at radius 1 is 0.757 bits per heavy atom. The number of cyclic esters (lactones) is 2. The highest BCUT2D eigenvalue weighted by molar-refractivity contribution is 6.16. The van der Waals surface area contributed by atoms with Crippen LogP contribution in [0.2, 0.25) is 0 Å². The number of carbonyl (C=O) groups is 6. The molecule has 37 heavy (non-hydrogen) atoms. The van der Waals surface area contributed by atoms with Gasteiger partial charge in [0.1, 0.15) is 17.0 Å². The molecule has 3 fully saturated rings. The summed E-state index contributed by atoms with van der Waals surface area (Å²) in [6.45, 7) is 16.3. The lowest BCUT2D eigenvalue weighted by atomic mass is 9.87. The summed E-state index contributed by atoms with van der Waals surface area (Å²) in [5.74, 6) is -5.79. The molecule has 0 atom stereocenters. The standard InChI is InChI=1S/C15H21NO7.C10H17NO3/c1-14(2,3)23-13(20)16-6-8(7-16)10(17)9-11(18)21-15(4,5)22-12(9)19;1-7(12)8-5-11(6-8)9(13)14-10(2,3)4/h8-9H,6-7H2,1-5H3;8H,5-6H2,1-4H3. The van der Waals surface area contributed by atoms with Gasteiger partial charge < -0.3 is 28.7 Å². The molecule has 0 aromatic carbocycles.